The van der Waals surface area contributed by atoms with Crippen LogP contribution >= 0.6 is 0 Å². The molecule has 1 fully saturated rings. The van der Waals surface area contributed by atoms with E-state index in [4.69, 9.17) is 0 Å². The number of carbonyl (C=O) groups excluding carboxylic acids is 2. The average Bonchev–Trinajstić information content (AvgIpc) is 2.84. The van der Waals surface area contributed by atoms with Crippen molar-refractivity contribution in [1.82, 2.24) is 19.8 Å². The summed E-state index contributed by atoms with van der Waals surface area (Å²) in [6.07, 6.45) is 7.29. The molecule has 0 N–H and O–H groups in total. The van der Waals surface area contributed by atoms with Gasteiger partial charge in [0, 0.05) is 51.3 Å². The summed E-state index contributed by atoms with van der Waals surface area (Å²) in [6.45, 7) is 1.00. The van der Waals surface area contributed by atoms with Crippen molar-refractivity contribution < 1.29 is 9.59 Å². The minimum Gasteiger partial charge on any atom is -0.348 e. The molecule has 32 heavy (non-hydrogen) atoms. The predicted molar refractivity (Wildman–Crippen MR) is 124 cm³/mol. The molecular formula is C26H28N4O2. The molecule has 4 rings (SSSR count). The van der Waals surface area contributed by atoms with Crippen molar-refractivity contribution in [3.8, 4) is 11.1 Å². The number of carbonyl (C=O) groups is 2. The number of piperidine rings is 1. The molecule has 1 aliphatic rings. The summed E-state index contributed by atoms with van der Waals surface area (Å²) in [4.78, 5) is 38.6. The first-order valence-corrected chi connectivity index (χ1v) is 10.9. The normalized spacial score (nSPS) is 18.2. The largest absolute Gasteiger partial charge is 0.348 e. The van der Waals surface area contributed by atoms with Crippen molar-refractivity contribution in [1.29, 1.82) is 0 Å². The molecule has 1 aliphatic heterocycles. The fourth-order valence-electron chi connectivity index (χ4n) is 4.67. The third-order valence-corrected chi connectivity index (χ3v) is 6.13. The third kappa shape index (κ3) is 4.40. The fourth-order valence-corrected chi connectivity index (χ4v) is 4.67. The van der Waals surface area contributed by atoms with Gasteiger partial charge in [-0.05, 0) is 48.6 Å². The van der Waals surface area contributed by atoms with Crippen LogP contribution in [0.4, 0.5) is 0 Å². The number of nitrogens with zero attached hydrogens (tertiary/aromatic N) is 4. The third-order valence-electron chi connectivity index (χ3n) is 6.13. The number of amides is 2. The standard InChI is InChI=1S/C26H28N4O2/c1-29(2)25(32)26(13-8-16-30(19-26)24(31)23-12-5-6-15-28-23)17-20-9-3-4-11-22(20)21-10-7-14-27-18-21/h3-7,9-12,14-15,18H,8,13,16-17,19H2,1-2H3/t26-/m1/s1. The van der Waals surface area contributed by atoms with Crippen molar-refractivity contribution >= 4 is 11.8 Å². The number of hydrogen-bond acceptors (Lipinski definition) is 4. The van der Waals surface area contributed by atoms with E-state index < -0.39 is 5.41 Å². The van der Waals surface area contributed by atoms with Crippen LogP contribution in [0.2, 0.25) is 0 Å². The number of aromatic nitrogens is 2. The van der Waals surface area contributed by atoms with Gasteiger partial charge in [0.2, 0.25) is 5.91 Å². The molecular weight excluding hydrogens is 400 g/mol. The van der Waals surface area contributed by atoms with E-state index in [-0.39, 0.29) is 11.8 Å². The molecule has 0 saturated carbocycles. The molecule has 0 unspecified atom stereocenters. The van der Waals surface area contributed by atoms with Gasteiger partial charge < -0.3 is 9.80 Å². The van der Waals surface area contributed by atoms with Gasteiger partial charge in [-0.3, -0.25) is 19.6 Å². The lowest BCUT2D eigenvalue weighted by atomic mass is 9.73. The summed E-state index contributed by atoms with van der Waals surface area (Å²) in [5, 5.41) is 0. The lowest BCUT2D eigenvalue weighted by Gasteiger charge is -2.43. The second-order valence-corrected chi connectivity index (χ2v) is 8.60. The van der Waals surface area contributed by atoms with Crippen LogP contribution in [0.1, 0.15) is 28.9 Å². The van der Waals surface area contributed by atoms with Gasteiger partial charge in [0.05, 0.1) is 5.41 Å². The summed E-state index contributed by atoms with van der Waals surface area (Å²) in [5.74, 6) is -0.0706. The Balaban J connectivity index is 1.70. The number of likely N-dealkylation sites (tertiary alicyclic amines) is 1. The Morgan fingerprint density at radius 2 is 1.84 bits per heavy atom. The molecule has 2 amide bonds. The van der Waals surface area contributed by atoms with Crippen LogP contribution in [0, 0.1) is 5.41 Å². The first kappa shape index (κ1) is 21.7. The van der Waals surface area contributed by atoms with Crippen molar-refractivity contribution in [2.45, 2.75) is 19.3 Å². The highest BCUT2D eigenvalue weighted by molar-refractivity contribution is 5.93. The van der Waals surface area contributed by atoms with Crippen molar-refractivity contribution in [3.63, 3.8) is 0 Å². The van der Waals surface area contributed by atoms with Crippen LogP contribution in [-0.4, -0.2) is 58.8 Å². The van der Waals surface area contributed by atoms with E-state index >= 15 is 0 Å². The van der Waals surface area contributed by atoms with Crippen LogP contribution in [-0.2, 0) is 11.2 Å². The van der Waals surface area contributed by atoms with E-state index in [1.165, 1.54) is 0 Å². The first-order valence-electron chi connectivity index (χ1n) is 10.9. The van der Waals surface area contributed by atoms with Gasteiger partial charge in [0.25, 0.3) is 5.91 Å². The molecule has 2 aromatic heterocycles. The molecule has 0 spiro atoms. The maximum Gasteiger partial charge on any atom is 0.272 e. The summed E-state index contributed by atoms with van der Waals surface area (Å²) < 4.78 is 0. The zero-order chi connectivity index (χ0) is 22.6. The topological polar surface area (TPSA) is 66.4 Å². The number of benzene rings is 1. The summed E-state index contributed by atoms with van der Waals surface area (Å²) in [6, 6.07) is 17.4. The van der Waals surface area contributed by atoms with Gasteiger partial charge in [0.15, 0.2) is 0 Å². The molecule has 0 radical (unpaired) electrons. The Kier molecular flexibility index (Phi) is 6.30. The van der Waals surface area contributed by atoms with E-state index in [9.17, 15) is 9.59 Å². The van der Waals surface area contributed by atoms with Gasteiger partial charge in [-0.1, -0.05) is 36.4 Å². The van der Waals surface area contributed by atoms with Crippen LogP contribution in [0.15, 0.2) is 73.2 Å². The van der Waals surface area contributed by atoms with Gasteiger partial charge >= 0.3 is 0 Å². The second-order valence-electron chi connectivity index (χ2n) is 8.60. The first-order chi connectivity index (χ1) is 15.5. The van der Waals surface area contributed by atoms with Crippen molar-refractivity contribution in [2.24, 2.45) is 5.41 Å². The minimum absolute atomic E-state index is 0.0528. The zero-order valence-electron chi connectivity index (χ0n) is 18.6. The van der Waals surface area contributed by atoms with E-state index in [2.05, 4.69) is 22.1 Å². The number of pyridine rings is 2. The number of hydrogen-bond donors (Lipinski definition) is 0. The molecule has 1 aromatic carbocycles. The van der Waals surface area contributed by atoms with Crippen LogP contribution in [0.3, 0.4) is 0 Å². The van der Waals surface area contributed by atoms with Crippen LogP contribution in [0.25, 0.3) is 11.1 Å². The molecule has 6 nitrogen and oxygen atoms in total. The highest BCUT2D eigenvalue weighted by Crippen LogP contribution is 2.38. The van der Waals surface area contributed by atoms with Crippen molar-refractivity contribution in [3.05, 3.63) is 84.4 Å². The molecule has 0 bridgehead atoms. The minimum atomic E-state index is -0.690. The summed E-state index contributed by atoms with van der Waals surface area (Å²) >= 11 is 0. The Morgan fingerprint density at radius 1 is 1.03 bits per heavy atom. The maximum atomic E-state index is 13.5. The Bertz CT molecular complexity index is 1090. The van der Waals surface area contributed by atoms with Crippen molar-refractivity contribution in [2.75, 3.05) is 27.2 Å². The lowest BCUT2D eigenvalue weighted by Crippen LogP contribution is -2.54. The second kappa shape index (κ2) is 9.30. The van der Waals surface area contributed by atoms with Crippen LogP contribution in [0.5, 0.6) is 0 Å². The molecule has 1 atom stereocenters. The molecule has 6 heteroatoms. The average molecular weight is 429 g/mol. The predicted octanol–water partition coefficient (Wildman–Crippen LogP) is 3.70. The van der Waals surface area contributed by atoms with Gasteiger partial charge in [-0.2, -0.15) is 0 Å². The summed E-state index contributed by atoms with van der Waals surface area (Å²) in [7, 11) is 3.58. The van der Waals surface area contributed by atoms with Gasteiger partial charge in [0.1, 0.15) is 5.69 Å². The van der Waals surface area contributed by atoms with Crippen LogP contribution < -0.4 is 0 Å². The van der Waals surface area contributed by atoms with E-state index in [0.717, 1.165) is 29.5 Å². The molecule has 1 saturated heterocycles. The quantitative estimate of drug-likeness (QED) is 0.622. The highest BCUT2D eigenvalue weighted by Gasteiger charge is 2.45. The Morgan fingerprint density at radius 3 is 2.56 bits per heavy atom. The maximum absolute atomic E-state index is 13.5. The molecule has 3 aromatic rings. The molecule has 164 valence electrons. The van der Waals surface area contributed by atoms with E-state index in [0.29, 0.717) is 25.2 Å². The smallest absolute Gasteiger partial charge is 0.272 e. The fraction of sp³-hybridized carbons (Fsp3) is 0.308. The van der Waals surface area contributed by atoms with E-state index in [1.54, 1.807) is 48.4 Å². The Hall–Kier alpha value is -3.54. The molecule has 3 heterocycles. The highest BCUT2D eigenvalue weighted by atomic mass is 16.2. The molecule has 0 aliphatic carbocycles. The lowest BCUT2D eigenvalue weighted by molar-refractivity contribution is -0.142. The van der Waals surface area contributed by atoms with Gasteiger partial charge in [-0.15, -0.1) is 0 Å². The zero-order valence-corrected chi connectivity index (χ0v) is 18.6. The van der Waals surface area contributed by atoms with E-state index in [1.807, 2.05) is 36.5 Å². The SMILES string of the molecule is CN(C)C(=O)[C@@]1(Cc2ccccc2-c2cccnc2)CCCN(C(=O)c2ccccn2)C1. The number of rotatable bonds is 5. The Labute approximate surface area is 188 Å². The monoisotopic (exact) mass is 428 g/mol. The van der Waals surface area contributed by atoms with Gasteiger partial charge in [-0.25, -0.2) is 0 Å². The summed E-state index contributed by atoms with van der Waals surface area (Å²) in [5.41, 5.74) is 2.90.